The zero-order valence-electron chi connectivity index (χ0n) is 15.1. The molecule has 0 unspecified atom stereocenters. The van der Waals surface area contributed by atoms with Crippen LogP contribution in [-0.2, 0) is 22.2 Å². The summed E-state index contributed by atoms with van der Waals surface area (Å²) in [7, 11) is -3.59. The van der Waals surface area contributed by atoms with E-state index in [1.165, 1.54) is 11.9 Å². The average Bonchev–Trinajstić information content (AvgIpc) is 2.67. The van der Waals surface area contributed by atoms with Gasteiger partial charge in [0, 0.05) is 17.9 Å². The fraction of sp³-hybridized carbons (Fsp3) is 0.211. The summed E-state index contributed by atoms with van der Waals surface area (Å²) in [4.78, 5) is 15.2. The van der Waals surface area contributed by atoms with Gasteiger partial charge in [-0.05, 0) is 42.2 Å². The number of hydrogen-bond acceptors (Lipinski definition) is 7. The summed E-state index contributed by atoms with van der Waals surface area (Å²) in [5.74, 6) is 0.737. The molecule has 3 N–H and O–H groups in total. The molecule has 144 valence electrons. The van der Waals surface area contributed by atoms with E-state index >= 15 is 0 Å². The minimum Gasteiger partial charge on any atom is -0.324 e. The molecule has 0 saturated heterocycles. The van der Waals surface area contributed by atoms with Crippen molar-refractivity contribution in [2.24, 2.45) is 5.14 Å². The average molecular weight is 396 g/mol. The highest BCUT2D eigenvalue weighted by atomic mass is 32.2. The van der Waals surface area contributed by atoms with Gasteiger partial charge in [0.15, 0.2) is 0 Å². The molecule has 9 heteroatoms. The first-order valence-electron chi connectivity index (χ1n) is 8.89. The van der Waals surface area contributed by atoms with Crippen molar-refractivity contribution in [2.75, 3.05) is 16.8 Å². The maximum Gasteiger partial charge on any atom is 0.234 e. The summed E-state index contributed by atoms with van der Waals surface area (Å²) in [5.41, 5.74) is 3.66. The zero-order chi connectivity index (χ0) is 19.6. The van der Waals surface area contributed by atoms with Gasteiger partial charge in [-0.3, -0.25) is 0 Å². The number of primary sulfonamides is 1. The van der Waals surface area contributed by atoms with Gasteiger partial charge in [0.05, 0.1) is 5.75 Å². The maximum atomic E-state index is 11.3. The molecule has 0 aliphatic carbocycles. The lowest BCUT2D eigenvalue weighted by Crippen LogP contribution is -2.26. The van der Waals surface area contributed by atoms with Crippen LogP contribution in [0.25, 0.3) is 0 Å². The van der Waals surface area contributed by atoms with Crippen LogP contribution in [0.2, 0.25) is 0 Å². The Morgan fingerprint density at radius 3 is 2.82 bits per heavy atom. The van der Waals surface area contributed by atoms with E-state index in [9.17, 15) is 8.42 Å². The number of aryl methyl sites for hydroxylation is 1. The van der Waals surface area contributed by atoms with Crippen LogP contribution in [0.4, 0.5) is 23.3 Å². The molecule has 1 aliphatic rings. The van der Waals surface area contributed by atoms with E-state index in [0.717, 1.165) is 25.1 Å². The molecule has 2 aromatic carbocycles. The van der Waals surface area contributed by atoms with Gasteiger partial charge in [-0.2, -0.15) is 4.98 Å². The van der Waals surface area contributed by atoms with Gasteiger partial charge in [-0.1, -0.05) is 30.3 Å². The van der Waals surface area contributed by atoms with Crippen LogP contribution < -0.4 is 15.4 Å². The summed E-state index contributed by atoms with van der Waals surface area (Å²) in [6.07, 6.45) is 3.54. The zero-order valence-corrected chi connectivity index (χ0v) is 15.9. The summed E-state index contributed by atoms with van der Waals surface area (Å²) in [5, 5.41) is 8.23. The molecule has 0 fully saturated rings. The quantitative estimate of drug-likeness (QED) is 0.681. The first-order valence-corrected chi connectivity index (χ1v) is 10.6. The SMILES string of the molecule is NS(=O)(=O)Cc1cccc(Nc2ncnc(N3CCCc4ccccc43)n2)c1. The highest BCUT2D eigenvalue weighted by Gasteiger charge is 2.20. The molecule has 4 rings (SSSR count). The predicted molar refractivity (Wildman–Crippen MR) is 108 cm³/mol. The Hall–Kier alpha value is -3.04. The second kappa shape index (κ2) is 7.53. The first kappa shape index (κ1) is 18.3. The number of aromatic nitrogens is 3. The van der Waals surface area contributed by atoms with E-state index in [1.807, 2.05) is 18.2 Å². The molecule has 0 amide bonds. The number of nitrogens with zero attached hydrogens (tertiary/aromatic N) is 4. The van der Waals surface area contributed by atoms with Gasteiger partial charge in [-0.25, -0.2) is 23.5 Å². The molecule has 0 atom stereocenters. The molecule has 0 spiro atoms. The second-order valence-corrected chi connectivity index (χ2v) is 8.24. The number of hydrogen-bond donors (Lipinski definition) is 2. The van der Waals surface area contributed by atoms with Gasteiger partial charge in [0.25, 0.3) is 0 Å². The number of benzene rings is 2. The van der Waals surface area contributed by atoms with Crippen molar-refractivity contribution in [2.45, 2.75) is 18.6 Å². The standard InChI is InChI=1S/C19H20N6O2S/c20-28(26,27)12-14-5-3-8-16(11-14)23-18-21-13-22-19(24-18)25-10-4-7-15-6-1-2-9-17(15)25/h1-3,5-6,8-9,11,13H,4,7,10,12H2,(H2,20,26,27)(H,21,22,23,24). The number of fused-ring (bicyclic) bond motifs is 1. The number of anilines is 4. The summed E-state index contributed by atoms with van der Waals surface area (Å²) < 4.78 is 22.6. The van der Waals surface area contributed by atoms with E-state index in [0.29, 0.717) is 23.1 Å². The Bertz CT molecular complexity index is 1100. The maximum absolute atomic E-state index is 11.3. The highest BCUT2D eigenvalue weighted by Crippen LogP contribution is 2.31. The predicted octanol–water partition coefficient (Wildman–Crippen LogP) is 2.49. The molecule has 2 heterocycles. The highest BCUT2D eigenvalue weighted by molar-refractivity contribution is 7.88. The number of para-hydroxylation sites is 1. The van der Waals surface area contributed by atoms with E-state index in [1.54, 1.807) is 18.2 Å². The van der Waals surface area contributed by atoms with Crippen LogP contribution in [0, 0.1) is 0 Å². The lowest BCUT2D eigenvalue weighted by Gasteiger charge is -2.29. The molecule has 1 aromatic heterocycles. The summed E-state index contributed by atoms with van der Waals surface area (Å²) in [6.45, 7) is 0.838. The van der Waals surface area contributed by atoms with Crippen molar-refractivity contribution in [3.63, 3.8) is 0 Å². The molecular weight excluding hydrogens is 376 g/mol. The Morgan fingerprint density at radius 1 is 1.11 bits per heavy atom. The van der Waals surface area contributed by atoms with E-state index in [-0.39, 0.29) is 5.75 Å². The van der Waals surface area contributed by atoms with Crippen LogP contribution in [0.15, 0.2) is 54.9 Å². The largest absolute Gasteiger partial charge is 0.324 e. The van der Waals surface area contributed by atoms with Gasteiger partial charge < -0.3 is 10.2 Å². The number of sulfonamides is 1. The number of nitrogens with two attached hydrogens (primary N) is 1. The molecule has 0 radical (unpaired) electrons. The topological polar surface area (TPSA) is 114 Å². The second-order valence-electron chi connectivity index (χ2n) is 6.63. The van der Waals surface area contributed by atoms with Gasteiger partial charge in [0.2, 0.25) is 21.9 Å². The first-order chi connectivity index (χ1) is 13.5. The van der Waals surface area contributed by atoms with E-state index in [4.69, 9.17) is 5.14 Å². The van der Waals surface area contributed by atoms with Crippen LogP contribution in [0.3, 0.4) is 0 Å². The molecular formula is C19H20N6O2S. The van der Waals surface area contributed by atoms with Crippen LogP contribution >= 0.6 is 0 Å². The summed E-state index contributed by atoms with van der Waals surface area (Å²) >= 11 is 0. The van der Waals surface area contributed by atoms with Crippen molar-refractivity contribution in [1.29, 1.82) is 0 Å². The molecule has 0 saturated carbocycles. The van der Waals surface area contributed by atoms with Crippen LogP contribution in [0.5, 0.6) is 0 Å². The monoisotopic (exact) mass is 396 g/mol. The van der Waals surface area contributed by atoms with Crippen molar-refractivity contribution in [3.05, 3.63) is 66.0 Å². The fourth-order valence-corrected chi connectivity index (χ4v) is 3.96. The van der Waals surface area contributed by atoms with Gasteiger partial charge in [0.1, 0.15) is 6.33 Å². The van der Waals surface area contributed by atoms with E-state index < -0.39 is 10.0 Å². The lowest BCUT2D eigenvalue weighted by molar-refractivity contribution is 0.597. The minimum absolute atomic E-state index is 0.227. The molecule has 8 nitrogen and oxygen atoms in total. The number of nitrogens with one attached hydrogen (secondary N) is 1. The Kier molecular flexibility index (Phi) is 4.93. The van der Waals surface area contributed by atoms with Crippen molar-refractivity contribution >= 4 is 33.3 Å². The third kappa shape index (κ3) is 4.26. The Labute approximate surface area is 163 Å². The third-order valence-electron chi connectivity index (χ3n) is 4.46. The molecule has 3 aromatic rings. The van der Waals surface area contributed by atoms with Crippen LogP contribution in [-0.4, -0.2) is 29.9 Å². The van der Waals surface area contributed by atoms with Crippen molar-refractivity contribution < 1.29 is 8.42 Å². The van der Waals surface area contributed by atoms with Crippen molar-refractivity contribution in [1.82, 2.24) is 15.0 Å². The van der Waals surface area contributed by atoms with Gasteiger partial charge in [-0.15, -0.1) is 0 Å². The fourth-order valence-electron chi connectivity index (χ4n) is 3.32. The minimum atomic E-state index is -3.59. The van der Waals surface area contributed by atoms with Gasteiger partial charge >= 0.3 is 0 Å². The molecule has 1 aliphatic heterocycles. The lowest BCUT2D eigenvalue weighted by atomic mass is 10.0. The van der Waals surface area contributed by atoms with Crippen molar-refractivity contribution in [3.8, 4) is 0 Å². The normalized spacial score (nSPS) is 13.8. The Morgan fingerprint density at radius 2 is 1.96 bits per heavy atom. The molecule has 0 bridgehead atoms. The smallest absolute Gasteiger partial charge is 0.234 e. The van der Waals surface area contributed by atoms with Crippen LogP contribution in [0.1, 0.15) is 17.5 Å². The Balaban J connectivity index is 1.58. The van der Waals surface area contributed by atoms with E-state index in [2.05, 4.69) is 37.3 Å². The third-order valence-corrected chi connectivity index (χ3v) is 5.20. The molecule has 28 heavy (non-hydrogen) atoms. The number of rotatable bonds is 5. The summed E-state index contributed by atoms with van der Waals surface area (Å²) in [6, 6.07) is 15.2.